The highest BCUT2D eigenvalue weighted by molar-refractivity contribution is 6.01. The predicted octanol–water partition coefficient (Wildman–Crippen LogP) is 2.50. The summed E-state index contributed by atoms with van der Waals surface area (Å²) in [6.07, 6.45) is 2.15. The van der Waals surface area contributed by atoms with Crippen molar-refractivity contribution in [2.75, 3.05) is 24.3 Å². The maximum absolute atomic E-state index is 12.0. The van der Waals surface area contributed by atoms with Crippen molar-refractivity contribution < 1.29 is 19.7 Å². The average molecular weight is 356 g/mol. The Morgan fingerprint density at radius 2 is 1.92 bits per heavy atom. The van der Waals surface area contributed by atoms with E-state index in [-0.39, 0.29) is 25.0 Å². The zero-order valence-electron chi connectivity index (χ0n) is 14.6. The molecule has 0 saturated carbocycles. The zero-order chi connectivity index (χ0) is 18.9. The van der Waals surface area contributed by atoms with Crippen molar-refractivity contribution in [1.82, 2.24) is 0 Å². The summed E-state index contributed by atoms with van der Waals surface area (Å²) in [4.78, 5) is 12.0. The van der Waals surface area contributed by atoms with Crippen molar-refractivity contribution in [2.45, 2.75) is 13.0 Å². The molecule has 0 saturated heterocycles. The topological polar surface area (TPSA) is 105 Å². The second-order valence-corrected chi connectivity index (χ2v) is 5.85. The Hall–Kier alpha value is -2.83. The summed E-state index contributed by atoms with van der Waals surface area (Å²) in [6.45, 7) is 1.84. The van der Waals surface area contributed by atoms with Crippen molar-refractivity contribution >= 4 is 17.3 Å². The predicted molar refractivity (Wildman–Crippen MR) is 102 cm³/mol. The molecule has 5 N–H and O–H groups in total. The Morgan fingerprint density at radius 1 is 1.23 bits per heavy atom. The van der Waals surface area contributed by atoms with Crippen molar-refractivity contribution in [1.29, 1.82) is 0 Å². The number of hydrogen-bond acceptors (Lipinski definition) is 5. The van der Waals surface area contributed by atoms with Gasteiger partial charge in [-0.2, -0.15) is 0 Å². The van der Waals surface area contributed by atoms with Crippen molar-refractivity contribution in [3.8, 4) is 5.75 Å². The highest BCUT2D eigenvalue weighted by atomic mass is 16.5. The SMILES string of the molecule is C[C@H](/C=C/C(=O)Nc1ccccc1N)[C@H](O)c1ccccc1OCCO. The van der Waals surface area contributed by atoms with Crippen LogP contribution < -0.4 is 15.8 Å². The number of aliphatic hydroxyl groups excluding tert-OH is 2. The molecule has 0 aliphatic rings. The fourth-order valence-corrected chi connectivity index (χ4v) is 2.42. The van der Waals surface area contributed by atoms with Gasteiger partial charge in [-0.25, -0.2) is 0 Å². The van der Waals surface area contributed by atoms with Gasteiger partial charge in [0.05, 0.1) is 24.1 Å². The minimum Gasteiger partial charge on any atom is -0.491 e. The summed E-state index contributed by atoms with van der Waals surface area (Å²) in [5, 5.41) is 22.2. The van der Waals surface area contributed by atoms with Gasteiger partial charge in [-0.05, 0) is 24.3 Å². The van der Waals surface area contributed by atoms with Gasteiger partial charge in [0.15, 0.2) is 0 Å². The highest BCUT2D eigenvalue weighted by Crippen LogP contribution is 2.30. The first-order valence-corrected chi connectivity index (χ1v) is 8.37. The number of rotatable bonds is 8. The number of nitrogen functional groups attached to an aromatic ring is 1. The van der Waals surface area contributed by atoms with Crippen LogP contribution in [-0.4, -0.2) is 29.3 Å². The van der Waals surface area contributed by atoms with Crippen LogP contribution in [0.1, 0.15) is 18.6 Å². The number of benzene rings is 2. The van der Waals surface area contributed by atoms with E-state index in [2.05, 4.69) is 5.32 Å². The second kappa shape index (κ2) is 9.60. The molecule has 0 aromatic heterocycles. The zero-order valence-corrected chi connectivity index (χ0v) is 14.6. The van der Waals surface area contributed by atoms with Crippen LogP contribution >= 0.6 is 0 Å². The lowest BCUT2D eigenvalue weighted by atomic mass is 9.96. The van der Waals surface area contributed by atoms with Crippen LogP contribution in [0.4, 0.5) is 11.4 Å². The smallest absolute Gasteiger partial charge is 0.248 e. The van der Waals surface area contributed by atoms with Gasteiger partial charge < -0.3 is 26.0 Å². The first-order valence-electron chi connectivity index (χ1n) is 8.37. The van der Waals surface area contributed by atoms with Crippen molar-refractivity contribution in [3.63, 3.8) is 0 Å². The minimum atomic E-state index is -0.851. The number of nitrogens with one attached hydrogen (secondary N) is 1. The molecule has 0 heterocycles. The molecule has 6 nitrogen and oxygen atoms in total. The summed E-state index contributed by atoms with van der Waals surface area (Å²) < 4.78 is 5.45. The van der Waals surface area contributed by atoms with Crippen LogP contribution in [0, 0.1) is 5.92 Å². The number of carbonyl (C=O) groups is 1. The number of amides is 1. The van der Waals surface area contributed by atoms with Gasteiger partial charge in [-0.15, -0.1) is 0 Å². The number of carbonyl (C=O) groups excluding carboxylic acids is 1. The molecule has 0 aliphatic heterocycles. The van der Waals surface area contributed by atoms with Gasteiger partial charge >= 0.3 is 0 Å². The number of para-hydroxylation sites is 3. The monoisotopic (exact) mass is 356 g/mol. The summed E-state index contributed by atoms with van der Waals surface area (Å²) in [7, 11) is 0. The van der Waals surface area contributed by atoms with E-state index in [9.17, 15) is 9.90 Å². The maximum atomic E-state index is 12.0. The van der Waals surface area contributed by atoms with E-state index in [1.54, 1.807) is 61.5 Å². The van der Waals surface area contributed by atoms with E-state index in [1.807, 2.05) is 0 Å². The van der Waals surface area contributed by atoms with Crippen LogP contribution in [0.3, 0.4) is 0 Å². The standard InChI is InChI=1S/C20H24N2O4/c1-14(10-11-19(24)22-17-8-4-3-7-16(17)21)20(25)15-6-2-5-9-18(15)26-13-12-23/h2-11,14,20,23,25H,12-13,21H2,1H3,(H,22,24)/b11-10+/t14-,20+/m1/s1. The Labute approximate surface area is 152 Å². The Balaban J connectivity index is 2.02. The van der Waals surface area contributed by atoms with Crippen LogP contribution in [0.5, 0.6) is 5.75 Å². The molecule has 2 aromatic carbocycles. The quantitative estimate of drug-likeness (QED) is 0.430. The van der Waals surface area contributed by atoms with Gasteiger partial charge in [0, 0.05) is 11.5 Å². The first-order chi connectivity index (χ1) is 12.5. The molecule has 26 heavy (non-hydrogen) atoms. The molecule has 0 bridgehead atoms. The Bertz CT molecular complexity index is 761. The highest BCUT2D eigenvalue weighted by Gasteiger charge is 2.18. The second-order valence-electron chi connectivity index (χ2n) is 5.85. The van der Waals surface area contributed by atoms with Crippen molar-refractivity contribution in [3.05, 3.63) is 66.2 Å². The third-order valence-corrected chi connectivity index (χ3v) is 3.85. The van der Waals surface area contributed by atoms with E-state index in [0.29, 0.717) is 22.7 Å². The molecule has 2 aromatic rings. The van der Waals surface area contributed by atoms with Gasteiger partial charge in [-0.1, -0.05) is 43.3 Å². The number of anilines is 2. The molecule has 1 amide bonds. The summed E-state index contributed by atoms with van der Waals surface area (Å²) in [5.74, 6) is -0.143. The number of ether oxygens (including phenoxy) is 1. The molecule has 2 atom stereocenters. The van der Waals surface area contributed by atoms with Gasteiger partial charge in [-0.3, -0.25) is 4.79 Å². The lowest BCUT2D eigenvalue weighted by molar-refractivity contribution is -0.111. The molecule has 138 valence electrons. The van der Waals surface area contributed by atoms with E-state index in [1.165, 1.54) is 6.08 Å². The third-order valence-electron chi connectivity index (χ3n) is 3.85. The van der Waals surface area contributed by atoms with E-state index >= 15 is 0 Å². The van der Waals surface area contributed by atoms with Crippen LogP contribution in [-0.2, 0) is 4.79 Å². The minimum absolute atomic E-state index is 0.108. The largest absolute Gasteiger partial charge is 0.491 e. The lowest BCUT2D eigenvalue weighted by Crippen LogP contribution is -2.13. The van der Waals surface area contributed by atoms with E-state index in [4.69, 9.17) is 15.6 Å². The van der Waals surface area contributed by atoms with E-state index in [0.717, 1.165) is 0 Å². The number of hydrogen-bond donors (Lipinski definition) is 4. The maximum Gasteiger partial charge on any atom is 0.248 e. The molecule has 6 heteroatoms. The normalized spacial score (nSPS) is 13.3. The molecule has 0 fully saturated rings. The summed E-state index contributed by atoms with van der Waals surface area (Å²) >= 11 is 0. The fraction of sp³-hybridized carbons (Fsp3) is 0.250. The fourth-order valence-electron chi connectivity index (χ4n) is 2.42. The summed E-state index contributed by atoms with van der Waals surface area (Å²) in [5.41, 5.74) is 7.42. The number of nitrogens with two attached hydrogens (primary N) is 1. The lowest BCUT2D eigenvalue weighted by Gasteiger charge is -2.19. The average Bonchev–Trinajstić information content (AvgIpc) is 2.66. The molecule has 0 unspecified atom stereocenters. The van der Waals surface area contributed by atoms with Crippen LogP contribution in [0.15, 0.2) is 60.7 Å². The molecule has 0 aliphatic carbocycles. The first kappa shape index (κ1) is 19.5. The molecule has 2 rings (SSSR count). The van der Waals surface area contributed by atoms with Gasteiger partial charge in [0.25, 0.3) is 0 Å². The molecular formula is C20H24N2O4. The third kappa shape index (κ3) is 5.34. The van der Waals surface area contributed by atoms with Crippen LogP contribution in [0.2, 0.25) is 0 Å². The molecule has 0 spiro atoms. The Morgan fingerprint density at radius 3 is 2.65 bits per heavy atom. The van der Waals surface area contributed by atoms with E-state index < -0.39 is 6.10 Å². The van der Waals surface area contributed by atoms with Crippen LogP contribution in [0.25, 0.3) is 0 Å². The Kier molecular flexibility index (Phi) is 7.20. The molecular weight excluding hydrogens is 332 g/mol. The molecule has 0 radical (unpaired) electrons. The van der Waals surface area contributed by atoms with Crippen molar-refractivity contribution in [2.24, 2.45) is 5.92 Å². The summed E-state index contributed by atoms with van der Waals surface area (Å²) in [6, 6.07) is 14.1. The van der Waals surface area contributed by atoms with Gasteiger partial charge in [0.2, 0.25) is 5.91 Å². The number of aliphatic hydroxyl groups is 2. The van der Waals surface area contributed by atoms with Gasteiger partial charge in [0.1, 0.15) is 12.4 Å².